The molecular weight excluding hydrogens is 226 g/mol. The lowest BCUT2D eigenvalue weighted by molar-refractivity contribution is -0.120. The second-order valence-corrected chi connectivity index (χ2v) is 4.45. The first-order valence-electron chi connectivity index (χ1n) is 5.96. The molecule has 1 aromatic heterocycles. The number of aromatic nitrogens is 2. The molecule has 0 saturated heterocycles. The van der Waals surface area contributed by atoms with Crippen LogP contribution in [0.5, 0.6) is 0 Å². The molecule has 0 spiro atoms. The first kappa shape index (κ1) is 12.4. The lowest BCUT2D eigenvalue weighted by atomic mass is 10.0. The van der Waals surface area contributed by atoms with Gasteiger partial charge in [0.2, 0.25) is 5.91 Å². The van der Waals surface area contributed by atoms with Crippen molar-refractivity contribution < 1.29 is 4.79 Å². The van der Waals surface area contributed by atoms with E-state index in [1.54, 1.807) is 6.20 Å². The van der Waals surface area contributed by atoms with Crippen LogP contribution in [0.4, 0.5) is 0 Å². The number of nitrogens with zero attached hydrogens (tertiary/aromatic N) is 1. The van der Waals surface area contributed by atoms with Crippen LogP contribution >= 0.6 is 0 Å². The van der Waals surface area contributed by atoms with Gasteiger partial charge >= 0.3 is 0 Å². The lowest BCUT2D eigenvalue weighted by Gasteiger charge is -2.06. The third kappa shape index (κ3) is 3.20. The number of amides is 1. The number of hydrogen-bond acceptors (Lipinski definition) is 2. The number of H-pyrrole nitrogens is 1. The van der Waals surface area contributed by atoms with E-state index in [0.717, 1.165) is 11.3 Å². The monoisotopic (exact) mass is 243 g/mol. The summed E-state index contributed by atoms with van der Waals surface area (Å²) < 4.78 is 0. The van der Waals surface area contributed by atoms with Crippen molar-refractivity contribution in [2.75, 3.05) is 0 Å². The third-order valence-electron chi connectivity index (χ3n) is 2.97. The quantitative estimate of drug-likeness (QED) is 0.861. The summed E-state index contributed by atoms with van der Waals surface area (Å²) in [6.07, 6.45) is 2.08. The molecule has 0 aliphatic carbocycles. The maximum atomic E-state index is 11.8. The van der Waals surface area contributed by atoms with Crippen LogP contribution in [-0.4, -0.2) is 16.1 Å². The second kappa shape index (κ2) is 5.49. The number of hydrogen-bond donors (Lipinski definition) is 2. The number of carbonyl (C=O) groups excluding carboxylic acids is 1. The molecular formula is C14H17N3O. The van der Waals surface area contributed by atoms with Crippen molar-refractivity contribution in [2.45, 2.75) is 26.8 Å². The highest BCUT2D eigenvalue weighted by Crippen LogP contribution is 2.10. The third-order valence-corrected chi connectivity index (χ3v) is 2.97. The molecule has 4 nitrogen and oxygen atoms in total. The van der Waals surface area contributed by atoms with Gasteiger partial charge in [-0.25, -0.2) is 0 Å². The van der Waals surface area contributed by atoms with Gasteiger partial charge in [0.15, 0.2) is 0 Å². The van der Waals surface area contributed by atoms with Gasteiger partial charge in [-0.3, -0.25) is 9.89 Å². The summed E-state index contributed by atoms with van der Waals surface area (Å²) in [6.45, 7) is 4.61. The Labute approximate surface area is 106 Å². The standard InChI is InChI=1S/C14H17N3O/c1-10-3-4-12(7-11(10)2)8-14(18)15-9-13-5-6-16-17-13/h3-7H,8-9H2,1-2H3,(H,15,18)(H,16,17). The largest absolute Gasteiger partial charge is 0.350 e. The molecule has 0 saturated carbocycles. The van der Waals surface area contributed by atoms with E-state index < -0.39 is 0 Å². The molecule has 1 amide bonds. The average Bonchev–Trinajstić information content (AvgIpc) is 2.84. The van der Waals surface area contributed by atoms with E-state index in [0.29, 0.717) is 13.0 Å². The van der Waals surface area contributed by atoms with E-state index in [1.807, 2.05) is 18.2 Å². The molecule has 18 heavy (non-hydrogen) atoms. The first-order chi connectivity index (χ1) is 8.65. The van der Waals surface area contributed by atoms with Crippen molar-refractivity contribution in [2.24, 2.45) is 0 Å². The SMILES string of the molecule is Cc1ccc(CC(=O)NCc2ccn[nH]2)cc1C. The first-order valence-corrected chi connectivity index (χ1v) is 5.96. The number of aryl methyl sites for hydroxylation is 2. The predicted molar refractivity (Wildman–Crippen MR) is 70.1 cm³/mol. The van der Waals surface area contributed by atoms with Gasteiger partial charge in [-0.05, 0) is 36.6 Å². The van der Waals surface area contributed by atoms with Crippen LogP contribution in [0.1, 0.15) is 22.4 Å². The predicted octanol–water partition coefficient (Wildman–Crippen LogP) is 1.89. The van der Waals surface area contributed by atoms with Crippen molar-refractivity contribution in [3.8, 4) is 0 Å². The molecule has 2 rings (SSSR count). The van der Waals surface area contributed by atoms with Gasteiger partial charge in [-0.15, -0.1) is 0 Å². The van der Waals surface area contributed by atoms with Crippen molar-refractivity contribution >= 4 is 5.91 Å². The van der Waals surface area contributed by atoms with E-state index in [4.69, 9.17) is 0 Å². The topological polar surface area (TPSA) is 57.8 Å². The molecule has 1 aromatic carbocycles. The molecule has 2 N–H and O–H groups in total. The van der Waals surface area contributed by atoms with Crippen LogP contribution in [0.3, 0.4) is 0 Å². The molecule has 1 heterocycles. The lowest BCUT2D eigenvalue weighted by Crippen LogP contribution is -2.24. The number of carbonyl (C=O) groups is 1. The average molecular weight is 243 g/mol. The molecule has 0 aliphatic rings. The fourth-order valence-corrected chi connectivity index (χ4v) is 1.74. The number of benzene rings is 1. The van der Waals surface area contributed by atoms with Crippen LogP contribution in [0.2, 0.25) is 0 Å². The summed E-state index contributed by atoms with van der Waals surface area (Å²) in [5, 5.41) is 9.49. The molecule has 2 aromatic rings. The molecule has 0 fully saturated rings. The van der Waals surface area contributed by atoms with E-state index >= 15 is 0 Å². The minimum Gasteiger partial charge on any atom is -0.350 e. The van der Waals surface area contributed by atoms with E-state index in [2.05, 4.69) is 35.4 Å². The molecule has 0 unspecified atom stereocenters. The Hall–Kier alpha value is -2.10. The van der Waals surface area contributed by atoms with Crippen LogP contribution in [0.25, 0.3) is 0 Å². The molecule has 0 bridgehead atoms. The summed E-state index contributed by atoms with van der Waals surface area (Å²) in [6, 6.07) is 7.95. The highest BCUT2D eigenvalue weighted by molar-refractivity contribution is 5.78. The van der Waals surface area contributed by atoms with Crippen LogP contribution in [0, 0.1) is 13.8 Å². The Bertz CT molecular complexity index is 532. The maximum Gasteiger partial charge on any atom is 0.224 e. The van der Waals surface area contributed by atoms with Crippen molar-refractivity contribution in [3.05, 3.63) is 52.8 Å². The number of nitrogens with one attached hydrogen (secondary N) is 2. The normalized spacial score (nSPS) is 10.3. The summed E-state index contributed by atoms with van der Waals surface area (Å²) in [5.74, 6) is 0.0212. The van der Waals surface area contributed by atoms with Gasteiger partial charge in [-0.2, -0.15) is 5.10 Å². The van der Waals surface area contributed by atoms with Crippen molar-refractivity contribution in [3.63, 3.8) is 0 Å². The summed E-state index contributed by atoms with van der Waals surface area (Å²) in [7, 11) is 0. The van der Waals surface area contributed by atoms with Gasteiger partial charge in [0.05, 0.1) is 18.7 Å². The van der Waals surface area contributed by atoms with Crippen LogP contribution in [0.15, 0.2) is 30.5 Å². The summed E-state index contributed by atoms with van der Waals surface area (Å²) >= 11 is 0. The van der Waals surface area contributed by atoms with Crippen molar-refractivity contribution in [1.29, 1.82) is 0 Å². The molecule has 0 aliphatic heterocycles. The van der Waals surface area contributed by atoms with Gasteiger partial charge in [0.1, 0.15) is 0 Å². The number of aromatic amines is 1. The number of rotatable bonds is 4. The Morgan fingerprint density at radius 3 is 2.78 bits per heavy atom. The second-order valence-electron chi connectivity index (χ2n) is 4.45. The Kier molecular flexibility index (Phi) is 3.77. The zero-order chi connectivity index (χ0) is 13.0. The molecule has 4 heteroatoms. The Balaban J connectivity index is 1.88. The van der Waals surface area contributed by atoms with Crippen molar-refractivity contribution in [1.82, 2.24) is 15.5 Å². The van der Waals surface area contributed by atoms with E-state index in [-0.39, 0.29) is 5.91 Å². The molecule has 94 valence electrons. The molecule has 0 radical (unpaired) electrons. The summed E-state index contributed by atoms with van der Waals surface area (Å²) in [5.41, 5.74) is 4.41. The maximum absolute atomic E-state index is 11.8. The van der Waals surface area contributed by atoms with Gasteiger partial charge in [-0.1, -0.05) is 18.2 Å². The van der Waals surface area contributed by atoms with Gasteiger partial charge in [0, 0.05) is 6.20 Å². The van der Waals surface area contributed by atoms with E-state index in [9.17, 15) is 4.79 Å². The van der Waals surface area contributed by atoms with Gasteiger partial charge in [0.25, 0.3) is 0 Å². The minimum atomic E-state index is 0.0212. The fourth-order valence-electron chi connectivity index (χ4n) is 1.74. The van der Waals surface area contributed by atoms with Crippen LogP contribution < -0.4 is 5.32 Å². The Morgan fingerprint density at radius 2 is 2.11 bits per heavy atom. The zero-order valence-corrected chi connectivity index (χ0v) is 10.7. The highest BCUT2D eigenvalue weighted by atomic mass is 16.1. The van der Waals surface area contributed by atoms with Gasteiger partial charge < -0.3 is 5.32 Å². The van der Waals surface area contributed by atoms with Crippen LogP contribution in [-0.2, 0) is 17.8 Å². The minimum absolute atomic E-state index is 0.0212. The van der Waals surface area contributed by atoms with E-state index in [1.165, 1.54) is 11.1 Å². The molecule has 0 atom stereocenters. The highest BCUT2D eigenvalue weighted by Gasteiger charge is 2.04. The fraction of sp³-hybridized carbons (Fsp3) is 0.286. The zero-order valence-electron chi connectivity index (χ0n) is 10.7. The summed E-state index contributed by atoms with van der Waals surface area (Å²) in [4.78, 5) is 11.8. The smallest absolute Gasteiger partial charge is 0.224 e. The Morgan fingerprint density at radius 1 is 1.28 bits per heavy atom.